The first-order chi connectivity index (χ1) is 8.47. The highest BCUT2D eigenvalue weighted by molar-refractivity contribution is 6.31. The summed E-state index contributed by atoms with van der Waals surface area (Å²) in [5.74, 6) is 0.722. The summed E-state index contributed by atoms with van der Waals surface area (Å²) in [6, 6.07) is 5.72. The van der Waals surface area contributed by atoms with E-state index in [-0.39, 0.29) is 5.41 Å². The number of nitrogens with zero attached hydrogens (tertiary/aromatic N) is 4. The molecule has 0 radical (unpaired) electrons. The van der Waals surface area contributed by atoms with Crippen LogP contribution in [0.2, 0.25) is 5.02 Å². The quantitative estimate of drug-likeness (QED) is 0.846. The number of anilines is 1. The average molecular weight is 264 g/mol. The fraction of sp³-hybridized carbons (Fsp3) is 0.417. The van der Waals surface area contributed by atoms with Crippen LogP contribution in [0.25, 0.3) is 11.4 Å². The smallest absolute Gasteiger partial charge is 0.182 e. The van der Waals surface area contributed by atoms with Crippen molar-refractivity contribution in [3.05, 3.63) is 23.2 Å². The zero-order valence-corrected chi connectivity index (χ0v) is 11.0. The van der Waals surface area contributed by atoms with Crippen LogP contribution in [0.15, 0.2) is 18.2 Å². The van der Waals surface area contributed by atoms with E-state index in [9.17, 15) is 0 Å². The van der Waals surface area contributed by atoms with E-state index in [1.165, 1.54) is 0 Å². The van der Waals surface area contributed by atoms with Gasteiger partial charge >= 0.3 is 0 Å². The first kappa shape index (κ1) is 11.5. The van der Waals surface area contributed by atoms with Crippen LogP contribution in [-0.2, 0) is 0 Å². The lowest BCUT2D eigenvalue weighted by molar-refractivity contribution is 0.497. The van der Waals surface area contributed by atoms with Crippen molar-refractivity contribution < 1.29 is 0 Å². The molecule has 0 amide bonds. The number of nitrogens with two attached hydrogens (primary N) is 1. The summed E-state index contributed by atoms with van der Waals surface area (Å²) >= 11 is 6.01. The van der Waals surface area contributed by atoms with E-state index >= 15 is 0 Å². The molecule has 2 aromatic rings. The van der Waals surface area contributed by atoms with Crippen LogP contribution in [0.4, 0.5) is 5.69 Å². The summed E-state index contributed by atoms with van der Waals surface area (Å²) in [5, 5.41) is 12.5. The van der Waals surface area contributed by atoms with E-state index in [1.807, 2.05) is 16.8 Å². The number of rotatable bonds is 2. The normalized spacial score (nSPS) is 20.9. The number of nitrogen functional groups attached to an aromatic ring is 1. The lowest BCUT2D eigenvalue weighted by atomic mass is 10.1. The van der Waals surface area contributed by atoms with Crippen molar-refractivity contribution >= 4 is 17.3 Å². The maximum absolute atomic E-state index is 6.01. The van der Waals surface area contributed by atoms with Gasteiger partial charge in [-0.15, -0.1) is 5.10 Å². The van der Waals surface area contributed by atoms with Crippen LogP contribution in [0.3, 0.4) is 0 Å². The van der Waals surface area contributed by atoms with Crippen LogP contribution < -0.4 is 5.73 Å². The Balaban J connectivity index is 2.05. The molecule has 2 N–H and O–H groups in total. The molecule has 1 fully saturated rings. The zero-order valence-electron chi connectivity index (χ0n) is 10.3. The van der Waals surface area contributed by atoms with Gasteiger partial charge in [0.2, 0.25) is 0 Å². The molecule has 0 bridgehead atoms. The number of tetrazole rings is 1. The number of aromatic nitrogens is 4. The third-order valence-electron chi connectivity index (χ3n) is 3.43. The lowest BCUT2D eigenvalue weighted by Gasteiger charge is -2.07. The Labute approximate surface area is 110 Å². The van der Waals surface area contributed by atoms with Gasteiger partial charge in [-0.25, -0.2) is 4.68 Å². The summed E-state index contributed by atoms with van der Waals surface area (Å²) in [7, 11) is 0. The standard InChI is InChI=1S/C12H14ClN5/c1-12(2)6-10(12)18-11(15-16-17-18)7-3-8(13)5-9(14)4-7/h3-5,10H,6,14H2,1-2H3. The van der Waals surface area contributed by atoms with Crippen LogP contribution in [-0.4, -0.2) is 20.2 Å². The van der Waals surface area contributed by atoms with Crippen molar-refractivity contribution in [1.29, 1.82) is 0 Å². The van der Waals surface area contributed by atoms with Gasteiger partial charge in [-0.05, 0) is 40.5 Å². The minimum absolute atomic E-state index is 0.258. The first-order valence-electron chi connectivity index (χ1n) is 5.82. The summed E-state index contributed by atoms with van der Waals surface area (Å²) in [5.41, 5.74) is 7.52. The molecule has 1 unspecified atom stereocenters. The molecule has 1 aromatic carbocycles. The lowest BCUT2D eigenvalue weighted by Crippen LogP contribution is -2.05. The number of hydrogen-bond acceptors (Lipinski definition) is 4. The highest BCUT2D eigenvalue weighted by Crippen LogP contribution is 2.55. The Morgan fingerprint density at radius 1 is 1.39 bits per heavy atom. The summed E-state index contributed by atoms with van der Waals surface area (Å²) < 4.78 is 1.87. The fourth-order valence-electron chi connectivity index (χ4n) is 2.19. The fourth-order valence-corrected chi connectivity index (χ4v) is 2.44. The molecule has 1 aromatic heterocycles. The topological polar surface area (TPSA) is 69.6 Å². The maximum atomic E-state index is 6.01. The molecular weight excluding hydrogens is 250 g/mol. The molecule has 1 aliphatic rings. The molecule has 94 valence electrons. The molecule has 1 saturated carbocycles. The molecule has 1 atom stereocenters. The average Bonchev–Trinajstić information content (AvgIpc) is 2.74. The second-order valence-electron chi connectivity index (χ2n) is 5.43. The molecule has 1 heterocycles. The minimum Gasteiger partial charge on any atom is -0.399 e. The van der Waals surface area contributed by atoms with Gasteiger partial charge in [0.1, 0.15) is 0 Å². The molecule has 0 saturated heterocycles. The highest BCUT2D eigenvalue weighted by atomic mass is 35.5. The van der Waals surface area contributed by atoms with Crippen LogP contribution in [0.5, 0.6) is 0 Å². The number of benzene rings is 1. The van der Waals surface area contributed by atoms with Crippen molar-refractivity contribution in [3.63, 3.8) is 0 Å². The SMILES string of the molecule is CC1(C)CC1n1nnnc1-c1cc(N)cc(Cl)c1. The zero-order chi connectivity index (χ0) is 12.9. The Hall–Kier alpha value is -1.62. The van der Waals surface area contributed by atoms with Gasteiger partial charge < -0.3 is 5.73 Å². The molecule has 5 nitrogen and oxygen atoms in total. The van der Waals surface area contributed by atoms with E-state index in [1.54, 1.807) is 6.07 Å². The van der Waals surface area contributed by atoms with E-state index in [0.29, 0.717) is 16.8 Å². The van der Waals surface area contributed by atoms with Gasteiger partial charge in [0, 0.05) is 16.3 Å². The predicted molar refractivity (Wildman–Crippen MR) is 70.1 cm³/mol. The highest BCUT2D eigenvalue weighted by Gasteiger charge is 2.49. The van der Waals surface area contributed by atoms with Crippen molar-refractivity contribution in [3.8, 4) is 11.4 Å². The first-order valence-corrected chi connectivity index (χ1v) is 6.19. The summed E-state index contributed by atoms with van der Waals surface area (Å²) in [4.78, 5) is 0. The maximum Gasteiger partial charge on any atom is 0.182 e. The van der Waals surface area contributed by atoms with Gasteiger partial charge in [-0.3, -0.25) is 0 Å². The largest absolute Gasteiger partial charge is 0.399 e. The molecule has 3 rings (SSSR count). The number of hydrogen-bond donors (Lipinski definition) is 1. The van der Waals surface area contributed by atoms with E-state index in [0.717, 1.165) is 17.8 Å². The second kappa shape index (κ2) is 3.68. The number of halogens is 1. The van der Waals surface area contributed by atoms with Crippen LogP contribution in [0, 0.1) is 5.41 Å². The van der Waals surface area contributed by atoms with Crippen molar-refractivity contribution in [1.82, 2.24) is 20.2 Å². The van der Waals surface area contributed by atoms with E-state index in [2.05, 4.69) is 29.4 Å². The molecule has 0 aliphatic heterocycles. The van der Waals surface area contributed by atoms with Gasteiger partial charge in [0.05, 0.1) is 6.04 Å². The molecule has 1 aliphatic carbocycles. The van der Waals surface area contributed by atoms with Gasteiger partial charge in [-0.1, -0.05) is 25.4 Å². The predicted octanol–water partition coefficient (Wildman–Crippen LogP) is 2.55. The van der Waals surface area contributed by atoms with Gasteiger partial charge in [-0.2, -0.15) is 0 Å². The van der Waals surface area contributed by atoms with Crippen molar-refractivity contribution in [2.24, 2.45) is 5.41 Å². The van der Waals surface area contributed by atoms with Gasteiger partial charge in [0.25, 0.3) is 0 Å². The summed E-state index contributed by atoms with van der Waals surface area (Å²) in [6.45, 7) is 4.41. The minimum atomic E-state index is 0.258. The molecule has 6 heteroatoms. The Kier molecular flexibility index (Phi) is 2.35. The van der Waals surface area contributed by atoms with Crippen molar-refractivity contribution in [2.45, 2.75) is 26.3 Å². The molecule has 0 spiro atoms. The monoisotopic (exact) mass is 263 g/mol. The Bertz CT molecular complexity index is 584. The van der Waals surface area contributed by atoms with E-state index in [4.69, 9.17) is 17.3 Å². The van der Waals surface area contributed by atoms with Gasteiger partial charge in [0.15, 0.2) is 5.82 Å². The Morgan fingerprint density at radius 3 is 2.72 bits per heavy atom. The van der Waals surface area contributed by atoms with E-state index < -0.39 is 0 Å². The Morgan fingerprint density at radius 2 is 2.11 bits per heavy atom. The second-order valence-corrected chi connectivity index (χ2v) is 5.87. The van der Waals surface area contributed by atoms with Crippen molar-refractivity contribution in [2.75, 3.05) is 5.73 Å². The molecular formula is C12H14ClN5. The molecule has 18 heavy (non-hydrogen) atoms. The third-order valence-corrected chi connectivity index (χ3v) is 3.65. The summed E-state index contributed by atoms with van der Waals surface area (Å²) in [6.07, 6.45) is 1.08. The van der Waals surface area contributed by atoms with Crippen LogP contribution >= 0.6 is 11.6 Å². The van der Waals surface area contributed by atoms with Crippen LogP contribution in [0.1, 0.15) is 26.3 Å². The third kappa shape index (κ3) is 1.84.